The molecule has 2 bridgehead atoms. The van der Waals surface area contributed by atoms with Gasteiger partial charge in [-0.05, 0) is 12.0 Å². The highest BCUT2D eigenvalue weighted by molar-refractivity contribution is 5.82. The zero-order valence-corrected chi connectivity index (χ0v) is 9.95. The lowest BCUT2D eigenvalue weighted by molar-refractivity contribution is -0.137. The lowest BCUT2D eigenvalue weighted by Crippen LogP contribution is -2.45. The van der Waals surface area contributed by atoms with Gasteiger partial charge in [-0.25, -0.2) is 5.48 Å². The molecule has 2 aliphatic heterocycles. The number of amides is 1. The Hall–Kier alpha value is -1.43. The van der Waals surface area contributed by atoms with Crippen LogP contribution in [0.2, 0.25) is 0 Å². The SMILES string of the molecule is O=C(NO)C(c1ccccc1)N1C[C@@H]2C[C@H]1CO2. The number of fused-ring (bicyclic) bond motifs is 2. The molecule has 3 rings (SSSR count). The van der Waals surface area contributed by atoms with Gasteiger partial charge < -0.3 is 4.74 Å². The summed E-state index contributed by atoms with van der Waals surface area (Å²) in [7, 11) is 0. The fraction of sp³-hybridized carbons (Fsp3) is 0.462. The third-order valence-corrected chi connectivity index (χ3v) is 3.75. The summed E-state index contributed by atoms with van der Waals surface area (Å²) in [5, 5.41) is 8.94. The van der Waals surface area contributed by atoms with Crippen LogP contribution >= 0.6 is 0 Å². The highest BCUT2D eigenvalue weighted by Gasteiger charge is 2.44. The minimum absolute atomic E-state index is 0.229. The molecule has 0 aliphatic carbocycles. The molecule has 96 valence electrons. The Morgan fingerprint density at radius 3 is 2.78 bits per heavy atom. The first kappa shape index (κ1) is 11.6. The van der Waals surface area contributed by atoms with Crippen molar-refractivity contribution in [2.45, 2.75) is 24.6 Å². The van der Waals surface area contributed by atoms with Gasteiger partial charge in [-0.1, -0.05) is 30.3 Å². The third kappa shape index (κ3) is 1.90. The van der Waals surface area contributed by atoms with E-state index in [4.69, 9.17) is 9.94 Å². The van der Waals surface area contributed by atoms with E-state index >= 15 is 0 Å². The Morgan fingerprint density at radius 2 is 2.22 bits per heavy atom. The molecule has 18 heavy (non-hydrogen) atoms. The third-order valence-electron chi connectivity index (χ3n) is 3.75. The molecule has 5 nitrogen and oxygen atoms in total. The van der Waals surface area contributed by atoms with Crippen LogP contribution in [0.4, 0.5) is 0 Å². The van der Waals surface area contributed by atoms with Gasteiger partial charge in [0.1, 0.15) is 6.04 Å². The minimum atomic E-state index is -0.435. The number of morpholine rings is 1. The number of nitrogens with zero attached hydrogens (tertiary/aromatic N) is 1. The van der Waals surface area contributed by atoms with E-state index in [-0.39, 0.29) is 18.1 Å². The molecular weight excluding hydrogens is 232 g/mol. The van der Waals surface area contributed by atoms with E-state index in [0.717, 1.165) is 18.5 Å². The van der Waals surface area contributed by atoms with Gasteiger partial charge in [-0.3, -0.25) is 14.9 Å². The quantitative estimate of drug-likeness (QED) is 0.611. The topological polar surface area (TPSA) is 61.8 Å². The molecule has 1 unspecified atom stereocenters. The molecule has 0 aromatic heterocycles. The lowest BCUT2D eigenvalue weighted by Gasteiger charge is -2.33. The molecule has 2 fully saturated rings. The van der Waals surface area contributed by atoms with Crippen molar-refractivity contribution in [1.82, 2.24) is 10.4 Å². The second-order valence-corrected chi connectivity index (χ2v) is 4.83. The van der Waals surface area contributed by atoms with Crippen LogP contribution in [-0.2, 0) is 9.53 Å². The Labute approximate surface area is 105 Å². The number of carbonyl (C=O) groups excluding carboxylic acids is 1. The fourth-order valence-electron chi connectivity index (χ4n) is 2.94. The van der Waals surface area contributed by atoms with Crippen molar-refractivity contribution in [3.8, 4) is 0 Å². The first-order chi connectivity index (χ1) is 8.79. The molecule has 0 spiro atoms. The predicted octanol–water partition coefficient (Wildman–Crippen LogP) is 0.706. The number of hydrogen-bond donors (Lipinski definition) is 2. The Kier molecular flexibility index (Phi) is 3.03. The average molecular weight is 248 g/mol. The number of rotatable bonds is 3. The molecule has 1 amide bonds. The summed E-state index contributed by atoms with van der Waals surface area (Å²) in [5.74, 6) is -0.381. The molecule has 2 aliphatic rings. The summed E-state index contributed by atoms with van der Waals surface area (Å²) in [4.78, 5) is 14.1. The average Bonchev–Trinajstić information content (AvgIpc) is 3.02. The molecule has 2 N–H and O–H groups in total. The zero-order chi connectivity index (χ0) is 12.5. The van der Waals surface area contributed by atoms with Gasteiger partial charge in [0.05, 0.1) is 12.7 Å². The number of benzene rings is 1. The second kappa shape index (κ2) is 4.68. The largest absolute Gasteiger partial charge is 0.375 e. The van der Waals surface area contributed by atoms with Crippen molar-refractivity contribution >= 4 is 5.91 Å². The highest BCUT2D eigenvalue weighted by atomic mass is 16.5. The van der Waals surface area contributed by atoms with E-state index in [1.54, 1.807) is 5.48 Å². The fourth-order valence-corrected chi connectivity index (χ4v) is 2.94. The van der Waals surface area contributed by atoms with Crippen LogP contribution in [-0.4, -0.2) is 41.3 Å². The number of hydrogen-bond acceptors (Lipinski definition) is 4. The van der Waals surface area contributed by atoms with Crippen molar-refractivity contribution < 1.29 is 14.7 Å². The molecule has 5 heteroatoms. The van der Waals surface area contributed by atoms with Gasteiger partial charge in [-0.2, -0.15) is 0 Å². The maximum absolute atomic E-state index is 11.9. The van der Waals surface area contributed by atoms with E-state index < -0.39 is 6.04 Å². The molecule has 1 aromatic rings. The van der Waals surface area contributed by atoms with Crippen molar-refractivity contribution in [2.75, 3.05) is 13.2 Å². The molecule has 0 saturated carbocycles. The maximum atomic E-state index is 11.9. The first-order valence-electron chi connectivity index (χ1n) is 6.16. The number of hydroxylamine groups is 1. The van der Waals surface area contributed by atoms with Crippen LogP contribution in [0, 0.1) is 0 Å². The molecule has 1 aromatic carbocycles. The summed E-state index contributed by atoms with van der Waals surface area (Å²) in [6.45, 7) is 1.42. The van der Waals surface area contributed by atoms with Crippen LogP contribution in [0.25, 0.3) is 0 Å². The Bertz CT molecular complexity index is 437. The van der Waals surface area contributed by atoms with Crippen LogP contribution in [0.5, 0.6) is 0 Å². The van der Waals surface area contributed by atoms with Gasteiger partial charge in [0.15, 0.2) is 0 Å². The molecule has 3 atom stereocenters. The summed E-state index contributed by atoms with van der Waals surface area (Å²) >= 11 is 0. The lowest BCUT2D eigenvalue weighted by atomic mass is 10.0. The monoisotopic (exact) mass is 248 g/mol. The minimum Gasteiger partial charge on any atom is -0.375 e. The second-order valence-electron chi connectivity index (χ2n) is 4.83. The highest BCUT2D eigenvalue weighted by Crippen LogP contribution is 2.35. The molecule has 0 radical (unpaired) electrons. The number of ether oxygens (including phenoxy) is 1. The summed E-state index contributed by atoms with van der Waals surface area (Å²) < 4.78 is 5.55. The van der Waals surface area contributed by atoms with Crippen molar-refractivity contribution in [3.63, 3.8) is 0 Å². The molecule has 2 heterocycles. The van der Waals surface area contributed by atoms with E-state index in [2.05, 4.69) is 4.90 Å². The normalized spacial score (nSPS) is 28.3. The predicted molar refractivity (Wildman–Crippen MR) is 64.0 cm³/mol. The summed E-state index contributed by atoms with van der Waals surface area (Å²) in [5.41, 5.74) is 2.68. The number of carbonyl (C=O) groups is 1. The zero-order valence-electron chi connectivity index (χ0n) is 9.95. The van der Waals surface area contributed by atoms with E-state index in [9.17, 15) is 4.79 Å². The molecular formula is C13H16N2O3. The summed E-state index contributed by atoms with van der Waals surface area (Å²) in [6.07, 6.45) is 1.20. The van der Waals surface area contributed by atoms with Crippen molar-refractivity contribution in [1.29, 1.82) is 0 Å². The van der Waals surface area contributed by atoms with E-state index in [1.807, 2.05) is 30.3 Å². The van der Waals surface area contributed by atoms with Gasteiger partial charge >= 0.3 is 0 Å². The Morgan fingerprint density at radius 1 is 1.44 bits per heavy atom. The van der Waals surface area contributed by atoms with Crippen LogP contribution in [0.1, 0.15) is 18.0 Å². The first-order valence-corrected chi connectivity index (χ1v) is 6.16. The van der Waals surface area contributed by atoms with Gasteiger partial charge in [0.2, 0.25) is 0 Å². The van der Waals surface area contributed by atoms with Gasteiger partial charge in [0, 0.05) is 12.6 Å². The van der Waals surface area contributed by atoms with E-state index in [1.165, 1.54) is 0 Å². The van der Waals surface area contributed by atoms with Crippen molar-refractivity contribution in [3.05, 3.63) is 35.9 Å². The maximum Gasteiger partial charge on any atom is 0.265 e. The molecule has 2 saturated heterocycles. The van der Waals surface area contributed by atoms with Crippen LogP contribution in [0.3, 0.4) is 0 Å². The number of likely N-dealkylation sites (tertiary alicyclic amines) is 1. The van der Waals surface area contributed by atoms with Crippen LogP contribution in [0.15, 0.2) is 30.3 Å². The van der Waals surface area contributed by atoms with Crippen LogP contribution < -0.4 is 5.48 Å². The summed E-state index contributed by atoms with van der Waals surface area (Å²) in [6, 6.07) is 9.37. The van der Waals surface area contributed by atoms with E-state index in [0.29, 0.717) is 6.61 Å². The Balaban J connectivity index is 1.89. The standard InChI is InChI=1S/C13H16N2O3/c16-13(14-17)12(9-4-2-1-3-5-9)15-7-11-6-10(15)8-18-11/h1-5,10-12,17H,6-8H2,(H,14,16)/t10-,11-,12?/m0/s1. The van der Waals surface area contributed by atoms with Gasteiger partial charge in [0.25, 0.3) is 5.91 Å². The van der Waals surface area contributed by atoms with Crippen molar-refractivity contribution in [2.24, 2.45) is 0 Å². The van der Waals surface area contributed by atoms with Gasteiger partial charge in [-0.15, -0.1) is 0 Å². The smallest absolute Gasteiger partial charge is 0.265 e. The number of nitrogens with one attached hydrogen (secondary N) is 1.